The Hall–Kier alpha value is -1.90. The lowest BCUT2D eigenvalue weighted by Crippen LogP contribution is -2.07. The topological polar surface area (TPSA) is 18.5 Å². The maximum absolute atomic E-state index is 5.38. The Labute approximate surface area is 137 Å². The van der Waals surface area contributed by atoms with Crippen LogP contribution in [0.2, 0.25) is 0 Å². The van der Waals surface area contributed by atoms with Crippen LogP contribution < -0.4 is 0 Å². The number of hydrogen-bond donors (Lipinski definition) is 0. The van der Waals surface area contributed by atoms with Crippen molar-refractivity contribution in [3.8, 4) is 0 Å². The zero-order valence-corrected chi connectivity index (χ0v) is 13.8. The van der Waals surface area contributed by atoms with Crippen molar-refractivity contribution in [3.63, 3.8) is 0 Å². The molecule has 0 heterocycles. The van der Waals surface area contributed by atoms with E-state index in [1.165, 1.54) is 46.7 Å². The van der Waals surface area contributed by atoms with E-state index >= 15 is 0 Å². The van der Waals surface area contributed by atoms with Crippen molar-refractivity contribution in [1.29, 1.82) is 0 Å². The number of benzene rings is 2. The van der Waals surface area contributed by atoms with E-state index in [0.717, 1.165) is 12.0 Å². The van der Waals surface area contributed by atoms with Gasteiger partial charge in [-0.2, -0.15) is 0 Å². The zero-order chi connectivity index (χ0) is 15.8. The first-order chi connectivity index (χ1) is 11.3. The van der Waals surface area contributed by atoms with E-state index in [1.807, 2.05) is 0 Å². The summed E-state index contributed by atoms with van der Waals surface area (Å²) in [5.41, 5.74) is 7.09. The number of fused-ring (bicyclic) bond motifs is 4. The maximum atomic E-state index is 5.38. The van der Waals surface area contributed by atoms with Gasteiger partial charge in [-0.15, -0.1) is 0 Å². The monoisotopic (exact) mass is 306 g/mol. The largest absolute Gasteiger partial charge is 0.352 e. The van der Waals surface area contributed by atoms with Crippen LogP contribution in [0.4, 0.5) is 0 Å². The second-order valence-electron chi connectivity index (χ2n) is 6.33. The maximum Gasteiger partial charge on any atom is 0.183 e. The molecular weight excluding hydrogens is 284 g/mol. The molecular formula is C21H22O2. The number of allylic oxidation sites excluding steroid dienone is 4. The number of ether oxygens (including phenoxy) is 2. The van der Waals surface area contributed by atoms with Crippen LogP contribution in [0.15, 0.2) is 48.1 Å². The van der Waals surface area contributed by atoms with E-state index in [2.05, 4.69) is 42.5 Å². The first-order valence-corrected chi connectivity index (χ1v) is 8.32. The van der Waals surface area contributed by atoms with Crippen molar-refractivity contribution in [3.05, 3.63) is 64.7 Å². The lowest BCUT2D eigenvalue weighted by Gasteiger charge is -2.25. The molecule has 118 valence electrons. The molecule has 2 aliphatic carbocycles. The zero-order valence-electron chi connectivity index (χ0n) is 13.8. The molecule has 0 spiro atoms. The molecule has 0 bridgehead atoms. The van der Waals surface area contributed by atoms with Crippen molar-refractivity contribution in [1.82, 2.24) is 0 Å². The minimum Gasteiger partial charge on any atom is -0.352 e. The van der Waals surface area contributed by atoms with Crippen LogP contribution in [0.1, 0.15) is 42.2 Å². The fourth-order valence-electron chi connectivity index (χ4n) is 3.98. The molecule has 0 saturated carbocycles. The number of hydrogen-bond acceptors (Lipinski definition) is 2. The smallest absolute Gasteiger partial charge is 0.183 e. The van der Waals surface area contributed by atoms with E-state index < -0.39 is 0 Å². The van der Waals surface area contributed by atoms with Crippen LogP contribution in [-0.2, 0) is 15.9 Å². The molecule has 2 heteroatoms. The molecule has 0 atom stereocenters. The highest BCUT2D eigenvalue weighted by molar-refractivity contribution is 5.94. The molecule has 2 aromatic carbocycles. The quantitative estimate of drug-likeness (QED) is 0.727. The van der Waals surface area contributed by atoms with Crippen LogP contribution in [-0.4, -0.2) is 14.2 Å². The summed E-state index contributed by atoms with van der Waals surface area (Å²) in [5.74, 6) is 0. The van der Waals surface area contributed by atoms with E-state index in [4.69, 9.17) is 9.47 Å². The van der Waals surface area contributed by atoms with Crippen molar-refractivity contribution >= 4 is 16.3 Å². The van der Waals surface area contributed by atoms with Gasteiger partial charge >= 0.3 is 0 Å². The molecule has 0 aromatic heterocycles. The predicted octanol–water partition coefficient (Wildman–Crippen LogP) is 5.18. The number of methoxy groups -OCH3 is 2. The highest BCUT2D eigenvalue weighted by atomic mass is 16.7. The van der Waals surface area contributed by atoms with Gasteiger partial charge in [0.2, 0.25) is 0 Å². The standard InChI is InChI=1S/C21H22O2/c1-22-21(23-2)16-9-10-18-15(13-16)8-12-19-17-6-4-3-5-14(17)7-11-20(18)19/h4,6,8-10,12-13,21H,3,5,7,11H2,1-2H3. The third-order valence-electron chi connectivity index (χ3n) is 5.10. The summed E-state index contributed by atoms with van der Waals surface area (Å²) in [7, 11) is 3.35. The third-order valence-corrected chi connectivity index (χ3v) is 5.10. The van der Waals surface area contributed by atoms with Gasteiger partial charge in [0.05, 0.1) is 0 Å². The average Bonchev–Trinajstić information content (AvgIpc) is 2.62. The Kier molecular flexibility index (Phi) is 3.80. The second-order valence-corrected chi connectivity index (χ2v) is 6.33. The molecule has 0 aliphatic heterocycles. The fraction of sp³-hybridized carbons (Fsp3) is 0.333. The summed E-state index contributed by atoms with van der Waals surface area (Å²) in [6, 6.07) is 11.1. The van der Waals surface area contributed by atoms with E-state index in [-0.39, 0.29) is 6.29 Å². The second kappa shape index (κ2) is 5.95. The van der Waals surface area contributed by atoms with Gasteiger partial charge in [0, 0.05) is 19.8 Å². The molecule has 0 saturated heterocycles. The molecule has 0 radical (unpaired) electrons. The lowest BCUT2D eigenvalue weighted by atomic mass is 9.79. The van der Waals surface area contributed by atoms with Crippen molar-refractivity contribution in [2.75, 3.05) is 14.2 Å². The van der Waals surface area contributed by atoms with Crippen molar-refractivity contribution in [2.45, 2.75) is 32.0 Å². The molecule has 0 unspecified atom stereocenters. The Morgan fingerprint density at radius 3 is 2.65 bits per heavy atom. The molecule has 4 rings (SSSR count). The molecule has 2 aliphatic rings. The van der Waals surface area contributed by atoms with Gasteiger partial charge in [-0.05, 0) is 59.2 Å². The molecule has 23 heavy (non-hydrogen) atoms. The number of rotatable bonds is 3. The summed E-state index contributed by atoms with van der Waals surface area (Å²) in [6.07, 6.45) is 9.10. The summed E-state index contributed by atoms with van der Waals surface area (Å²) in [5, 5.41) is 2.63. The number of aryl methyl sites for hydroxylation is 1. The Morgan fingerprint density at radius 2 is 1.83 bits per heavy atom. The van der Waals surface area contributed by atoms with E-state index in [9.17, 15) is 0 Å². The van der Waals surface area contributed by atoms with Gasteiger partial charge < -0.3 is 9.47 Å². The van der Waals surface area contributed by atoms with Crippen molar-refractivity contribution < 1.29 is 9.47 Å². The Balaban J connectivity index is 1.85. The normalized spacial score (nSPS) is 16.8. The van der Waals surface area contributed by atoms with Gasteiger partial charge in [-0.25, -0.2) is 0 Å². The molecule has 0 fully saturated rings. The van der Waals surface area contributed by atoms with Gasteiger partial charge in [-0.3, -0.25) is 0 Å². The van der Waals surface area contributed by atoms with Crippen molar-refractivity contribution in [2.24, 2.45) is 0 Å². The van der Waals surface area contributed by atoms with Crippen LogP contribution in [0.3, 0.4) is 0 Å². The van der Waals surface area contributed by atoms with Crippen LogP contribution in [0.5, 0.6) is 0 Å². The summed E-state index contributed by atoms with van der Waals surface area (Å²) in [6.45, 7) is 0. The molecule has 2 aromatic rings. The highest BCUT2D eigenvalue weighted by Crippen LogP contribution is 2.40. The minimum absolute atomic E-state index is 0.300. The van der Waals surface area contributed by atoms with Crippen LogP contribution >= 0.6 is 0 Å². The van der Waals surface area contributed by atoms with E-state index in [1.54, 1.807) is 19.8 Å². The van der Waals surface area contributed by atoms with Crippen LogP contribution in [0.25, 0.3) is 16.3 Å². The molecule has 0 N–H and O–H groups in total. The van der Waals surface area contributed by atoms with Gasteiger partial charge in [0.15, 0.2) is 6.29 Å². The van der Waals surface area contributed by atoms with Gasteiger partial charge in [-0.1, -0.05) is 42.0 Å². The SMILES string of the molecule is COC(OC)c1ccc2c3c(ccc2c1)C1=C(CCC=C1)CC3. The van der Waals surface area contributed by atoms with Gasteiger partial charge in [0.25, 0.3) is 0 Å². The lowest BCUT2D eigenvalue weighted by molar-refractivity contribution is -0.105. The minimum atomic E-state index is -0.300. The first-order valence-electron chi connectivity index (χ1n) is 8.32. The summed E-state index contributed by atoms with van der Waals surface area (Å²) < 4.78 is 10.8. The molecule has 0 amide bonds. The molecule has 2 nitrogen and oxygen atoms in total. The Morgan fingerprint density at radius 1 is 0.957 bits per heavy atom. The third kappa shape index (κ3) is 2.43. The summed E-state index contributed by atoms with van der Waals surface area (Å²) >= 11 is 0. The first kappa shape index (κ1) is 14.7. The summed E-state index contributed by atoms with van der Waals surface area (Å²) in [4.78, 5) is 0. The predicted molar refractivity (Wildman–Crippen MR) is 94.3 cm³/mol. The fourth-order valence-corrected chi connectivity index (χ4v) is 3.98. The highest BCUT2D eigenvalue weighted by Gasteiger charge is 2.21. The average molecular weight is 306 g/mol. The Bertz CT molecular complexity index is 810. The van der Waals surface area contributed by atoms with Gasteiger partial charge in [0.1, 0.15) is 0 Å². The van der Waals surface area contributed by atoms with E-state index in [0.29, 0.717) is 0 Å². The van der Waals surface area contributed by atoms with Crippen LogP contribution in [0, 0.1) is 0 Å².